The Labute approximate surface area is 74.8 Å². The van der Waals surface area contributed by atoms with Crippen molar-refractivity contribution in [3.05, 3.63) is 12.2 Å². The molecule has 1 atom stereocenters. The first-order chi connectivity index (χ1) is 5.16. The summed E-state index contributed by atoms with van der Waals surface area (Å²) in [5.41, 5.74) is 0. The summed E-state index contributed by atoms with van der Waals surface area (Å²) in [5, 5.41) is 0.660. The molecule has 0 aliphatic rings. The van der Waals surface area contributed by atoms with E-state index in [1.165, 1.54) is 0 Å². The first kappa shape index (κ1) is 11.1. The lowest BCUT2D eigenvalue weighted by molar-refractivity contribution is 0.839. The Kier molecular flexibility index (Phi) is 6.77. The monoisotopic (exact) mass is 173 g/mol. The van der Waals surface area contributed by atoms with Crippen molar-refractivity contribution in [2.24, 2.45) is 0 Å². The van der Waals surface area contributed by atoms with Crippen molar-refractivity contribution >= 4 is 11.9 Å². The van der Waals surface area contributed by atoms with Gasteiger partial charge in [0.2, 0.25) is 0 Å². The second-order valence-electron chi connectivity index (χ2n) is 2.91. The number of nitrogens with one attached hydrogen (secondary N) is 1. The molecule has 0 saturated carbocycles. The Morgan fingerprint density at radius 3 is 2.45 bits per heavy atom. The Morgan fingerprint density at radius 2 is 2.00 bits per heavy atom. The summed E-state index contributed by atoms with van der Waals surface area (Å²) in [6.07, 6.45) is 5.52. The van der Waals surface area contributed by atoms with Gasteiger partial charge in [0.05, 0.1) is 0 Å². The van der Waals surface area contributed by atoms with E-state index in [9.17, 15) is 0 Å². The molecule has 0 bridgehead atoms. The molecule has 0 rings (SSSR count). The van der Waals surface area contributed by atoms with Crippen LogP contribution >= 0.6 is 11.9 Å². The van der Waals surface area contributed by atoms with Gasteiger partial charge >= 0.3 is 0 Å². The molecule has 1 N–H and O–H groups in total. The van der Waals surface area contributed by atoms with E-state index in [4.69, 9.17) is 0 Å². The first-order valence-electron chi connectivity index (χ1n) is 4.24. The molecule has 11 heavy (non-hydrogen) atoms. The summed E-state index contributed by atoms with van der Waals surface area (Å²) in [7, 11) is 0. The zero-order valence-corrected chi connectivity index (χ0v) is 8.74. The zero-order chi connectivity index (χ0) is 8.69. The van der Waals surface area contributed by atoms with E-state index in [1.54, 1.807) is 11.9 Å². The molecule has 2 heteroatoms. The van der Waals surface area contributed by atoms with Crippen LogP contribution in [0.15, 0.2) is 12.2 Å². The van der Waals surface area contributed by atoms with Crippen molar-refractivity contribution < 1.29 is 0 Å². The molecular formula is C9H19NS. The number of rotatable bonds is 5. The van der Waals surface area contributed by atoms with E-state index in [2.05, 4.69) is 44.6 Å². The molecule has 0 spiro atoms. The van der Waals surface area contributed by atoms with Gasteiger partial charge in [-0.15, -0.1) is 0 Å². The highest BCUT2D eigenvalue weighted by molar-refractivity contribution is 7.98. The van der Waals surface area contributed by atoms with E-state index >= 15 is 0 Å². The van der Waals surface area contributed by atoms with E-state index in [0.717, 1.165) is 6.42 Å². The SMILES string of the molecule is CC/C=C/[C@H](C)NSC(C)C. The highest BCUT2D eigenvalue weighted by Gasteiger charge is 1.97. The Morgan fingerprint density at radius 1 is 1.36 bits per heavy atom. The van der Waals surface area contributed by atoms with Crippen molar-refractivity contribution in [2.45, 2.75) is 45.4 Å². The van der Waals surface area contributed by atoms with Crippen LogP contribution in [0.2, 0.25) is 0 Å². The third-order valence-electron chi connectivity index (χ3n) is 1.15. The van der Waals surface area contributed by atoms with Gasteiger partial charge in [-0.3, -0.25) is 4.72 Å². The van der Waals surface area contributed by atoms with Gasteiger partial charge in [0.1, 0.15) is 0 Å². The Bertz CT molecular complexity index is 110. The summed E-state index contributed by atoms with van der Waals surface area (Å²) < 4.78 is 3.35. The summed E-state index contributed by atoms with van der Waals surface area (Å²) in [6.45, 7) is 8.70. The molecule has 1 nitrogen and oxygen atoms in total. The van der Waals surface area contributed by atoms with Crippen LogP contribution < -0.4 is 4.72 Å². The normalized spacial score (nSPS) is 14.6. The van der Waals surface area contributed by atoms with Gasteiger partial charge < -0.3 is 0 Å². The summed E-state index contributed by atoms with van der Waals surface area (Å²) in [6, 6.07) is 0.488. The topological polar surface area (TPSA) is 12.0 Å². The van der Waals surface area contributed by atoms with Crippen molar-refractivity contribution in [1.82, 2.24) is 4.72 Å². The molecule has 0 heterocycles. The molecule has 0 saturated heterocycles. The van der Waals surface area contributed by atoms with Crippen molar-refractivity contribution in [1.29, 1.82) is 0 Å². The van der Waals surface area contributed by atoms with E-state index in [1.807, 2.05) is 0 Å². The van der Waals surface area contributed by atoms with Crippen molar-refractivity contribution in [2.75, 3.05) is 0 Å². The number of hydrogen-bond donors (Lipinski definition) is 1. The molecule has 0 unspecified atom stereocenters. The second-order valence-corrected chi connectivity index (χ2v) is 4.32. The molecule has 0 amide bonds. The summed E-state index contributed by atoms with van der Waals surface area (Å²) in [4.78, 5) is 0. The van der Waals surface area contributed by atoms with Gasteiger partial charge in [-0.1, -0.05) is 44.9 Å². The molecule has 0 aliphatic heterocycles. The van der Waals surface area contributed by atoms with Crippen LogP contribution in [0, 0.1) is 0 Å². The van der Waals surface area contributed by atoms with E-state index < -0.39 is 0 Å². The predicted molar refractivity (Wildman–Crippen MR) is 54.8 cm³/mol. The molecule has 66 valence electrons. The minimum atomic E-state index is 0.488. The Balaban J connectivity index is 3.36. The molecular weight excluding hydrogens is 154 g/mol. The maximum atomic E-state index is 3.35. The fourth-order valence-corrected chi connectivity index (χ4v) is 1.19. The van der Waals surface area contributed by atoms with Crippen LogP contribution in [0.3, 0.4) is 0 Å². The summed E-state index contributed by atoms with van der Waals surface area (Å²) >= 11 is 1.79. The van der Waals surface area contributed by atoms with Gasteiger partial charge in [0.25, 0.3) is 0 Å². The largest absolute Gasteiger partial charge is 0.257 e. The predicted octanol–water partition coefficient (Wildman–Crippen LogP) is 2.99. The van der Waals surface area contributed by atoms with Crippen LogP contribution in [-0.4, -0.2) is 11.3 Å². The number of allylic oxidation sites excluding steroid dienone is 1. The minimum Gasteiger partial charge on any atom is -0.257 e. The fraction of sp³-hybridized carbons (Fsp3) is 0.778. The van der Waals surface area contributed by atoms with Crippen LogP contribution in [0.5, 0.6) is 0 Å². The standard InChI is InChI=1S/C9H19NS/c1-5-6-7-9(4)10-11-8(2)3/h6-10H,5H2,1-4H3/b7-6+/t9-/m0/s1. The molecule has 0 radical (unpaired) electrons. The third kappa shape index (κ3) is 7.95. The van der Waals surface area contributed by atoms with Crippen LogP contribution in [0.1, 0.15) is 34.1 Å². The van der Waals surface area contributed by atoms with Gasteiger partial charge in [0, 0.05) is 11.3 Å². The van der Waals surface area contributed by atoms with Crippen molar-refractivity contribution in [3.8, 4) is 0 Å². The minimum absolute atomic E-state index is 0.488. The second kappa shape index (κ2) is 6.74. The molecule has 0 aromatic rings. The summed E-state index contributed by atoms with van der Waals surface area (Å²) in [5.74, 6) is 0. The lowest BCUT2D eigenvalue weighted by atomic mass is 10.3. The maximum absolute atomic E-state index is 3.35. The van der Waals surface area contributed by atoms with E-state index in [-0.39, 0.29) is 0 Å². The quantitative estimate of drug-likeness (QED) is 0.506. The van der Waals surface area contributed by atoms with Gasteiger partial charge in [-0.2, -0.15) is 0 Å². The van der Waals surface area contributed by atoms with Gasteiger partial charge in [-0.05, 0) is 13.3 Å². The highest BCUT2D eigenvalue weighted by Crippen LogP contribution is 2.05. The molecule has 0 fully saturated rings. The Hall–Kier alpha value is 0.0500. The lowest BCUT2D eigenvalue weighted by Gasteiger charge is -2.10. The van der Waals surface area contributed by atoms with Crippen LogP contribution in [0.4, 0.5) is 0 Å². The smallest absolute Gasteiger partial charge is 0.0323 e. The molecule has 0 aliphatic carbocycles. The van der Waals surface area contributed by atoms with Gasteiger partial charge in [-0.25, -0.2) is 0 Å². The zero-order valence-electron chi connectivity index (χ0n) is 7.92. The van der Waals surface area contributed by atoms with E-state index in [0.29, 0.717) is 11.3 Å². The fourth-order valence-electron chi connectivity index (χ4n) is 0.623. The molecule has 0 aromatic heterocycles. The maximum Gasteiger partial charge on any atom is 0.0323 e. The average molecular weight is 173 g/mol. The van der Waals surface area contributed by atoms with Crippen LogP contribution in [0.25, 0.3) is 0 Å². The number of hydrogen-bond acceptors (Lipinski definition) is 2. The van der Waals surface area contributed by atoms with Crippen molar-refractivity contribution in [3.63, 3.8) is 0 Å². The average Bonchev–Trinajstić information content (AvgIpc) is 1.97. The highest BCUT2D eigenvalue weighted by atomic mass is 32.2. The first-order valence-corrected chi connectivity index (χ1v) is 5.12. The third-order valence-corrected chi connectivity index (χ3v) is 2.13. The lowest BCUT2D eigenvalue weighted by Crippen LogP contribution is -2.18. The van der Waals surface area contributed by atoms with Crippen LogP contribution in [-0.2, 0) is 0 Å². The molecule has 0 aromatic carbocycles. The van der Waals surface area contributed by atoms with Gasteiger partial charge in [0.15, 0.2) is 0 Å².